The topological polar surface area (TPSA) is 53.7 Å². The molecular weight excluding hydrogens is 307 g/mol. The second-order valence-corrected chi connectivity index (χ2v) is 6.27. The summed E-state index contributed by atoms with van der Waals surface area (Å²) in [6, 6.07) is 8.42. The van der Waals surface area contributed by atoms with E-state index in [4.69, 9.17) is 0 Å². The van der Waals surface area contributed by atoms with Gasteiger partial charge in [0.25, 0.3) is 0 Å². The molecule has 0 bridgehead atoms. The summed E-state index contributed by atoms with van der Waals surface area (Å²) in [5.74, 6) is 0.394. The van der Waals surface area contributed by atoms with Crippen LogP contribution in [0.5, 0.6) is 0 Å². The number of rotatable bonds is 6. The summed E-state index contributed by atoms with van der Waals surface area (Å²) in [5, 5.41) is 10.5. The lowest BCUT2D eigenvalue weighted by atomic mass is 10.1. The quantitative estimate of drug-likeness (QED) is 0.756. The molecule has 1 unspecified atom stereocenters. The second-order valence-electron chi connectivity index (χ2n) is 6.27. The van der Waals surface area contributed by atoms with Crippen molar-refractivity contribution in [2.75, 3.05) is 6.54 Å². The Morgan fingerprint density at radius 3 is 2.79 bits per heavy atom. The minimum Gasteiger partial charge on any atom is -0.387 e. The van der Waals surface area contributed by atoms with E-state index in [9.17, 15) is 9.50 Å². The van der Waals surface area contributed by atoms with Crippen molar-refractivity contribution >= 4 is 5.78 Å². The lowest BCUT2D eigenvalue weighted by molar-refractivity contribution is 0.103. The van der Waals surface area contributed by atoms with Crippen molar-refractivity contribution in [3.63, 3.8) is 0 Å². The summed E-state index contributed by atoms with van der Waals surface area (Å²) in [6.45, 7) is 1.22. The molecule has 0 aliphatic heterocycles. The van der Waals surface area contributed by atoms with Crippen LogP contribution in [0.15, 0.2) is 48.9 Å². The van der Waals surface area contributed by atoms with Crippen LogP contribution in [0.4, 0.5) is 4.39 Å². The number of nitrogens with zero attached hydrogens (tertiary/aromatic N) is 4. The highest BCUT2D eigenvalue weighted by Crippen LogP contribution is 2.30. The van der Waals surface area contributed by atoms with Crippen LogP contribution >= 0.6 is 0 Å². The first-order valence-electron chi connectivity index (χ1n) is 8.15. The average molecular weight is 326 g/mol. The van der Waals surface area contributed by atoms with Gasteiger partial charge in [0, 0.05) is 31.5 Å². The van der Waals surface area contributed by atoms with Crippen molar-refractivity contribution in [3.8, 4) is 0 Å². The van der Waals surface area contributed by atoms with Gasteiger partial charge >= 0.3 is 0 Å². The minimum atomic E-state index is -0.636. The number of hydrogen-bond donors (Lipinski definition) is 1. The molecule has 1 aliphatic carbocycles. The Kier molecular flexibility index (Phi) is 4.00. The van der Waals surface area contributed by atoms with Gasteiger partial charge in [0.1, 0.15) is 5.82 Å². The van der Waals surface area contributed by atoms with Gasteiger partial charge < -0.3 is 5.11 Å². The molecule has 0 radical (unpaired) electrons. The maximum Gasteiger partial charge on any atom is 0.233 e. The highest BCUT2D eigenvalue weighted by molar-refractivity contribution is 5.30. The number of benzene rings is 1. The zero-order valence-electron chi connectivity index (χ0n) is 13.2. The van der Waals surface area contributed by atoms with Gasteiger partial charge in [-0.15, -0.1) is 0 Å². The number of aliphatic hydroxyl groups excluding tert-OH is 1. The molecule has 2 aromatic heterocycles. The van der Waals surface area contributed by atoms with E-state index in [1.54, 1.807) is 18.3 Å². The smallest absolute Gasteiger partial charge is 0.233 e. The van der Waals surface area contributed by atoms with Gasteiger partial charge in [-0.1, -0.05) is 12.1 Å². The molecule has 4 rings (SSSR count). The SMILES string of the molecule is OC(CN(Cc1cnc2ncccn12)C1CC1)c1ccc(F)cc1. The molecule has 0 spiro atoms. The maximum atomic E-state index is 13.0. The van der Waals surface area contributed by atoms with Crippen LogP contribution in [0.2, 0.25) is 0 Å². The van der Waals surface area contributed by atoms with Crippen molar-refractivity contribution in [3.05, 3.63) is 66.0 Å². The molecule has 1 aliphatic rings. The van der Waals surface area contributed by atoms with Crippen LogP contribution < -0.4 is 0 Å². The predicted molar refractivity (Wildman–Crippen MR) is 87.8 cm³/mol. The molecule has 1 fully saturated rings. The van der Waals surface area contributed by atoms with Crippen LogP contribution in [0.3, 0.4) is 0 Å². The Hall–Kier alpha value is -2.31. The first-order chi connectivity index (χ1) is 11.7. The number of hydrogen-bond acceptors (Lipinski definition) is 4. The Morgan fingerprint density at radius 1 is 1.25 bits per heavy atom. The third-order valence-corrected chi connectivity index (χ3v) is 4.46. The average Bonchev–Trinajstić information content (AvgIpc) is 3.37. The largest absolute Gasteiger partial charge is 0.387 e. The van der Waals surface area contributed by atoms with E-state index >= 15 is 0 Å². The zero-order valence-corrected chi connectivity index (χ0v) is 13.2. The Morgan fingerprint density at radius 2 is 2.04 bits per heavy atom. The molecule has 24 heavy (non-hydrogen) atoms. The molecule has 1 N–H and O–H groups in total. The van der Waals surface area contributed by atoms with Crippen molar-refractivity contribution in [2.45, 2.75) is 31.5 Å². The number of aromatic nitrogens is 3. The molecule has 0 amide bonds. The van der Waals surface area contributed by atoms with Gasteiger partial charge in [-0.25, -0.2) is 14.4 Å². The van der Waals surface area contributed by atoms with Crippen LogP contribution in [0.25, 0.3) is 5.78 Å². The first kappa shape index (κ1) is 15.2. The molecule has 5 nitrogen and oxygen atoms in total. The second kappa shape index (κ2) is 6.30. The molecule has 1 saturated carbocycles. The molecule has 1 aromatic carbocycles. The minimum absolute atomic E-state index is 0.289. The van der Waals surface area contributed by atoms with Gasteiger partial charge in [0.05, 0.1) is 18.0 Å². The first-order valence-corrected chi connectivity index (χ1v) is 8.15. The van der Waals surface area contributed by atoms with Crippen molar-refractivity contribution < 1.29 is 9.50 Å². The molecule has 0 saturated heterocycles. The number of fused-ring (bicyclic) bond motifs is 1. The maximum absolute atomic E-state index is 13.0. The lowest BCUT2D eigenvalue weighted by Gasteiger charge is -2.25. The molecular formula is C18H19FN4O. The molecule has 6 heteroatoms. The van der Waals surface area contributed by atoms with Crippen molar-refractivity contribution in [1.29, 1.82) is 0 Å². The van der Waals surface area contributed by atoms with Crippen LogP contribution in [0.1, 0.15) is 30.2 Å². The predicted octanol–water partition coefficient (Wildman–Crippen LogP) is 2.57. The van der Waals surface area contributed by atoms with Gasteiger partial charge in [0.2, 0.25) is 5.78 Å². The number of aliphatic hydroxyl groups is 1. The van der Waals surface area contributed by atoms with E-state index in [2.05, 4.69) is 14.9 Å². The summed E-state index contributed by atoms with van der Waals surface area (Å²) in [5.41, 5.74) is 1.79. The fourth-order valence-electron chi connectivity index (χ4n) is 3.00. The fourth-order valence-corrected chi connectivity index (χ4v) is 3.00. The van der Waals surface area contributed by atoms with Gasteiger partial charge in [-0.05, 0) is 36.6 Å². The summed E-state index contributed by atoms with van der Waals surface area (Å²) in [6.07, 6.45) is 7.16. The Bertz CT molecular complexity index is 828. The fraction of sp³-hybridized carbons (Fsp3) is 0.333. The van der Waals surface area contributed by atoms with Crippen molar-refractivity contribution in [1.82, 2.24) is 19.3 Å². The highest BCUT2D eigenvalue weighted by Gasteiger charge is 2.31. The molecule has 124 valence electrons. The highest BCUT2D eigenvalue weighted by atomic mass is 19.1. The normalized spacial score (nSPS) is 16.0. The summed E-state index contributed by atoms with van der Waals surface area (Å²) in [7, 11) is 0. The van der Waals surface area contributed by atoms with Crippen LogP contribution in [-0.2, 0) is 6.54 Å². The van der Waals surface area contributed by atoms with E-state index in [0.29, 0.717) is 24.9 Å². The van der Waals surface area contributed by atoms with E-state index in [1.165, 1.54) is 12.1 Å². The van der Waals surface area contributed by atoms with Gasteiger partial charge in [-0.2, -0.15) is 0 Å². The standard InChI is InChI=1S/C18H19FN4O/c19-14-4-2-13(3-5-14)17(24)12-22(15-6-7-15)11-16-10-21-18-20-8-1-9-23(16)18/h1-5,8-10,15,17,24H,6-7,11-12H2. The molecule has 2 heterocycles. The zero-order chi connectivity index (χ0) is 16.5. The van der Waals surface area contributed by atoms with E-state index in [1.807, 2.05) is 22.9 Å². The third kappa shape index (κ3) is 3.16. The molecule has 1 atom stereocenters. The van der Waals surface area contributed by atoms with Crippen molar-refractivity contribution in [2.24, 2.45) is 0 Å². The van der Waals surface area contributed by atoms with Crippen LogP contribution in [0, 0.1) is 5.82 Å². The molecule has 3 aromatic rings. The van der Waals surface area contributed by atoms with Gasteiger partial charge in [-0.3, -0.25) is 9.30 Å². The Balaban J connectivity index is 1.51. The number of imidazole rings is 1. The summed E-state index contributed by atoms with van der Waals surface area (Å²) < 4.78 is 15.0. The lowest BCUT2D eigenvalue weighted by Crippen LogP contribution is -2.30. The monoisotopic (exact) mass is 326 g/mol. The van der Waals surface area contributed by atoms with Crippen LogP contribution in [-0.4, -0.2) is 37.0 Å². The summed E-state index contributed by atoms with van der Waals surface area (Å²) >= 11 is 0. The number of halogens is 1. The summed E-state index contributed by atoms with van der Waals surface area (Å²) in [4.78, 5) is 10.8. The van der Waals surface area contributed by atoms with E-state index in [0.717, 1.165) is 24.1 Å². The van der Waals surface area contributed by atoms with Gasteiger partial charge in [0.15, 0.2) is 0 Å². The third-order valence-electron chi connectivity index (χ3n) is 4.46. The Labute approximate surface area is 139 Å². The van der Waals surface area contributed by atoms with E-state index < -0.39 is 6.10 Å². The van der Waals surface area contributed by atoms with E-state index in [-0.39, 0.29) is 5.82 Å².